The van der Waals surface area contributed by atoms with Crippen molar-refractivity contribution in [2.75, 3.05) is 39.6 Å². The molecule has 6 nitrogen and oxygen atoms in total. The summed E-state index contributed by atoms with van der Waals surface area (Å²) in [6, 6.07) is 6.70. The van der Waals surface area contributed by atoms with Gasteiger partial charge in [0.15, 0.2) is 11.5 Å². The standard InChI is InChI=1S/C27H40N2O4/c30-26(17-21-3-2-16-31-18-21)28-23-8-6-20(7-9-23)10-13-29-14-11-22(12-15-29)24-4-1-5-25-27(24)33-19-32-25/h1,4-5,20-23H,2-3,6-19H2,(H,28,30)/t20?,21-,23?/m0/s1. The Kier molecular flexibility index (Phi) is 7.72. The van der Waals surface area contributed by atoms with Gasteiger partial charge >= 0.3 is 0 Å². The molecule has 1 aliphatic carbocycles. The molecule has 1 N–H and O–H groups in total. The van der Waals surface area contributed by atoms with Crippen LogP contribution in [0.3, 0.4) is 0 Å². The van der Waals surface area contributed by atoms with Crippen LogP contribution in [-0.4, -0.2) is 56.5 Å². The molecule has 0 radical (unpaired) electrons. The second-order valence-corrected chi connectivity index (χ2v) is 10.6. The first-order chi connectivity index (χ1) is 16.2. The van der Waals surface area contributed by atoms with Gasteiger partial charge in [-0.25, -0.2) is 0 Å². The Morgan fingerprint density at radius 3 is 2.64 bits per heavy atom. The van der Waals surface area contributed by atoms with Gasteiger partial charge < -0.3 is 24.4 Å². The van der Waals surface area contributed by atoms with Gasteiger partial charge in [-0.1, -0.05) is 12.1 Å². The van der Waals surface area contributed by atoms with Crippen LogP contribution < -0.4 is 14.8 Å². The van der Waals surface area contributed by atoms with Gasteiger partial charge in [-0.05, 0) is 101 Å². The van der Waals surface area contributed by atoms with Crippen molar-refractivity contribution in [3.05, 3.63) is 23.8 Å². The number of ether oxygens (including phenoxy) is 3. The zero-order valence-electron chi connectivity index (χ0n) is 19.9. The Morgan fingerprint density at radius 1 is 1.00 bits per heavy atom. The Labute approximate surface area is 198 Å². The molecule has 1 atom stereocenters. The summed E-state index contributed by atoms with van der Waals surface area (Å²) in [6.07, 6.45) is 11.3. The van der Waals surface area contributed by atoms with E-state index in [0.29, 0.717) is 31.1 Å². The number of nitrogens with one attached hydrogen (secondary N) is 1. The second kappa shape index (κ2) is 11.1. The van der Waals surface area contributed by atoms with Gasteiger partial charge in [-0.2, -0.15) is 0 Å². The van der Waals surface area contributed by atoms with Crippen LogP contribution in [0.5, 0.6) is 11.5 Å². The molecule has 182 valence electrons. The number of amides is 1. The number of likely N-dealkylation sites (tertiary alicyclic amines) is 1. The molecule has 3 heterocycles. The molecule has 3 fully saturated rings. The third-order valence-corrected chi connectivity index (χ3v) is 8.25. The van der Waals surface area contributed by atoms with Gasteiger partial charge in [0.2, 0.25) is 12.7 Å². The zero-order chi connectivity index (χ0) is 22.5. The maximum absolute atomic E-state index is 12.4. The van der Waals surface area contributed by atoms with E-state index in [-0.39, 0.29) is 5.91 Å². The highest BCUT2D eigenvalue weighted by Crippen LogP contribution is 2.42. The Balaban J connectivity index is 0.980. The number of carbonyl (C=O) groups is 1. The van der Waals surface area contributed by atoms with Gasteiger partial charge in [0.1, 0.15) is 0 Å². The van der Waals surface area contributed by atoms with Crippen molar-refractivity contribution in [1.82, 2.24) is 10.2 Å². The number of benzene rings is 1. The SMILES string of the molecule is O=C(C[C@@H]1CCCOC1)NC1CCC(CCN2CCC(c3cccc4c3OCO4)CC2)CC1. The lowest BCUT2D eigenvalue weighted by Crippen LogP contribution is -2.39. The minimum atomic E-state index is 0.234. The van der Waals surface area contributed by atoms with Crippen LogP contribution in [0.2, 0.25) is 0 Å². The molecular formula is C27H40N2O4. The number of para-hydroxylation sites is 1. The van der Waals surface area contributed by atoms with E-state index in [4.69, 9.17) is 14.2 Å². The smallest absolute Gasteiger partial charge is 0.231 e. The molecule has 5 rings (SSSR count). The molecule has 1 aromatic carbocycles. The summed E-state index contributed by atoms with van der Waals surface area (Å²) >= 11 is 0. The number of hydrogen-bond acceptors (Lipinski definition) is 5. The first kappa shape index (κ1) is 23.0. The number of nitrogens with zero attached hydrogens (tertiary/aromatic N) is 1. The minimum Gasteiger partial charge on any atom is -0.454 e. The molecule has 2 saturated heterocycles. The van der Waals surface area contributed by atoms with Crippen molar-refractivity contribution in [3.63, 3.8) is 0 Å². The molecule has 3 aliphatic heterocycles. The maximum atomic E-state index is 12.4. The van der Waals surface area contributed by atoms with Crippen LogP contribution in [0.4, 0.5) is 0 Å². The zero-order valence-corrected chi connectivity index (χ0v) is 19.9. The summed E-state index contributed by atoms with van der Waals surface area (Å²) in [5, 5.41) is 3.31. The number of piperidine rings is 1. The number of rotatable bonds is 7. The van der Waals surface area contributed by atoms with Crippen molar-refractivity contribution in [3.8, 4) is 11.5 Å². The van der Waals surface area contributed by atoms with Crippen LogP contribution >= 0.6 is 0 Å². The minimum absolute atomic E-state index is 0.234. The molecule has 1 aromatic rings. The van der Waals surface area contributed by atoms with E-state index in [1.54, 1.807) is 0 Å². The average Bonchev–Trinajstić information content (AvgIpc) is 3.34. The highest BCUT2D eigenvalue weighted by Gasteiger charge is 2.28. The maximum Gasteiger partial charge on any atom is 0.231 e. The van der Waals surface area contributed by atoms with E-state index in [0.717, 1.165) is 56.3 Å². The number of fused-ring (bicyclic) bond motifs is 1. The van der Waals surface area contributed by atoms with Crippen molar-refractivity contribution >= 4 is 5.91 Å². The van der Waals surface area contributed by atoms with Crippen LogP contribution in [0, 0.1) is 11.8 Å². The molecule has 0 bridgehead atoms. The van der Waals surface area contributed by atoms with Crippen LogP contribution in [0.15, 0.2) is 18.2 Å². The summed E-state index contributed by atoms with van der Waals surface area (Å²) in [5.74, 6) is 3.93. The fourth-order valence-corrected chi connectivity index (χ4v) is 6.22. The fourth-order valence-electron chi connectivity index (χ4n) is 6.22. The first-order valence-corrected chi connectivity index (χ1v) is 13.2. The average molecular weight is 457 g/mol. The normalized spacial score (nSPS) is 28.5. The van der Waals surface area contributed by atoms with E-state index < -0.39 is 0 Å². The van der Waals surface area contributed by atoms with Crippen molar-refractivity contribution in [1.29, 1.82) is 0 Å². The van der Waals surface area contributed by atoms with Gasteiger partial charge in [0.25, 0.3) is 0 Å². The molecule has 0 unspecified atom stereocenters. The molecule has 1 amide bonds. The summed E-state index contributed by atoms with van der Waals surface area (Å²) < 4.78 is 16.8. The van der Waals surface area contributed by atoms with Crippen molar-refractivity contribution in [2.45, 2.75) is 76.2 Å². The highest BCUT2D eigenvalue weighted by molar-refractivity contribution is 5.76. The van der Waals surface area contributed by atoms with E-state index in [1.165, 1.54) is 57.3 Å². The molecule has 0 spiro atoms. The second-order valence-electron chi connectivity index (χ2n) is 10.6. The Morgan fingerprint density at radius 2 is 1.85 bits per heavy atom. The third kappa shape index (κ3) is 6.02. The van der Waals surface area contributed by atoms with E-state index in [1.807, 2.05) is 6.07 Å². The van der Waals surface area contributed by atoms with E-state index in [9.17, 15) is 4.79 Å². The quantitative estimate of drug-likeness (QED) is 0.656. The van der Waals surface area contributed by atoms with Crippen molar-refractivity contribution < 1.29 is 19.0 Å². The molecule has 33 heavy (non-hydrogen) atoms. The van der Waals surface area contributed by atoms with E-state index >= 15 is 0 Å². The summed E-state index contributed by atoms with van der Waals surface area (Å²) in [7, 11) is 0. The first-order valence-electron chi connectivity index (χ1n) is 13.2. The number of hydrogen-bond donors (Lipinski definition) is 1. The topological polar surface area (TPSA) is 60.0 Å². The molecule has 0 aromatic heterocycles. The van der Waals surface area contributed by atoms with Crippen LogP contribution in [0.25, 0.3) is 0 Å². The van der Waals surface area contributed by atoms with Gasteiger partial charge in [-0.3, -0.25) is 4.79 Å². The van der Waals surface area contributed by atoms with Crippen LogP contribution in [0.1, 0.15) is 75.7 Å². The summed E-state index contributed by atoms with van der Waals surface area (Å²) in [5.41, 5.74) is 1.33. The van der Waals surface area contributed by atoms with E-state index in [2.05, 4.69) is 22.3 Å². The lowest BCUT2D eigenvalue weighted by Gasteiger charge is -2.35. The predicted molar refractivity (Wildman–Crippen MR) is 128 cm³/mol. The predicted octanol–water partition coefficient (Wildman–Crippen LogP) is 4.48. The largest absolute Gasteiger partial charge is 0.454 e. The van der Waals surface area contributed by atoms with Gasteiger partial charge in [0, 0.05) is 31.2 Å². The lowest BCUT2D eigenvalue weighted by molar-refractivity contribution is -0.124. The highest BCUT2D eigenvalue weighted by atomic mass is 16.7. The van der Waals surface area contributed by atoms with Crippen LogP contribution in [-0.2, 0) is 9.53 Å². The molecule has 1 saturated carbocycles. The van der Waals surface area contributed by atoms with Crippen molar-refractivity contribution in [2.24, 2.45) is 11.8 Å². The summed E-state index contributed by atoms with van der Waals surface area (Å²) in [6.45, 7) is 5.53. The monoisotopic (exact) mass is 456 g/mol. The third-order valence-electron chi connectivity index (χ3n) is 8.25. The summed E-state index contributed by atoms with van der Waals surface area (Å²) in [4.78, 5) is 15.0. The molecule has 6 heteroatoms. The fraction of sp³-hybridized carbons (Fsp3) is 0.741. The van der Waals surface area contributed by atoms with Gasteiger partial charge in [-0.15, -0.1) is 0 Å². The lowest BCUT2D eigenvalue weighted by atomic mass is 9.83. The molecule has 4 aliphatic rings. The molecular weight excluding hydrogens is 416 g/mol. The number of carbonyl (C=O) groups excluding carboxylic acids is 1. The van der Waals surface area contributed by atoms with Gasteiger partial charge in [0.05, 0.1) is 0 Å². The Hall–Kier alpha value is -1.79. The Bertz CT molecular complexity index is 778.